The summed E-state index contributed by atoms with van der Waals surface area (Å²) in [4.78, 5) is 14.6. The summed E-state index contributed by atoms with van der Waals surface area (Å²) in [5, 5.41) is 3.04. The van der Waals surface area contributed by atoms with E-state index < -0.39 is 0 Å². The largest absolute Gasteiger partial charge is 0.362 e. The first-order valence-corrected chi connectivity index (χ1v) is 8.35. The lowest BCUT2D eigenvalue weighted by molar-refractivity contribution is -0.115. The predicted molar refractivity (Wildman–Crippen MR) is 96.2 cm³/mol. The zero-order valence-corrected chi connectivity index (χ0v) is 14.4. The van der Waals surface area contributed by atoms with E-state index in [1.807, 2.05) is 18.7 Å². The summed E-state index contributed by atoms with van der Waals surface area (Å²) in [6.45, 7) is 7.17. The van der Waals surface area contributed by atoms with Gasteiger partial charge in [0.15, 0.2) is 0 Å². The highest BCUT2D eigenvalue weighted by atomic mass is 19.1. The topological polar surface area (TPSA) is 32.3 Å². The Morgan fingerprint density at radius 2 is 1.88 bits per heavy atom. The number of hydrogen-bond donors (Lipinski definition) is 1. The van der Waals surface area contributed by atoms with Crippen LogP contribution in [0.3, 0.4) is 0 Å². The van der Waals surface area contributed by atoms with Gasteiger partial charge in [-0.2, -0.15) is 0 Å². The average molecular weight is 326 g/mol. The van der Waals surface area contributed by atoms with Gasteiger partial charge in [-0.3, -0.25) is 4.79 Å². The van der Waals surface area contributed by atoms with Crippen molar-refractivity contribution in [1.29, 1.82) is 0 Å². The number of amides is 1. The van der Waals surface area contributed by atoms with Crippen LogP contribution in [0.1, 0.15) is 28.7 Å². The fraction of sp³-hybridized carbons (Fsp3) is 0.350. The number of anilines is 2. The highest BCUT2D eigenvalue weighted by Gasteiger charge is 2.20. The van der Waals surface area contributed by atoms with E-state index in [-0.39, 0.29) is 18.3 Å². The van der Waals surface area contributed by atoms with Gasteiger partial charge in [-0.1, -0.05) is 17.7 Å². The Bertz CT molecular complexity index is 762. The molecule has 4 heteroatoms. The van der Waals surface area contributed by atoms with Crippen molar-refractivity contribution < 1.29 is 9.18 Å². The molecule has 0 radical (unpaired) electrons. The monoisotopic (exact) mass is 326 g/mol. The van der Waals surface area contributed by atoms with E-state index >= 15 is 0 Å². The molecule has 24 heavy (non-hydrogen) atoms. The summed E-state index contributed by atoms with van der Waals surface area (Å²) in [6, 6.07) is 8.96. The summed E-state index contributed by atoms with van der Waals surface area (Å²) in [5.74, 6) is -0.256. The SMILES string of the molecule is Cc1cc(C)c(NC(=O)CN2CCCc3cc(F)ccc32)c(C)c1. The van der Waals surface area contributed by atoms with Gasteiger partial charge in [0.05, 0.1) is 6.54 Å². The Balaban J connectivity index is 1.75. The van der Waals surface area contributed by atoms with E-state index in [0.29, 0.717) is 0 Å². The molecular weight excluding hydrogens is 303 g/mol. The summed E-state index contributed by atoms with van der Waals surface area (Å²) in [7, 11) is 0. The molecule has 0 spiro atoms. The van der Waals surface area contributed by atoms with Crippen LogP contribution in [0.5, 0.6) is 0 Å². The molecule has 1 amide bonds. The minimum atomic E-state index is -0.217. The molecule has 0 bridgehead atoms. The fourth-order valence-electron chi connectivity index (χ4n) is 3.54. The van der Waals surface area contributed by atoms with Crippen LogP contribution in [-0.4, -0.2) is 19.0 Å². The normalized spacial score (nSPS) is 13.6. The zero-order valence-electron chi connectivity index (χ0n) is 14.4. The van der Waals surface area contributed by atoms with Gasteiger partial charge in [0.25, 0.3) is 0 Å². The van der Waals surface area contributed by atoms with Crippen LogP contribution in [0, 0.1) is 26.6 Å². The number of rotatable bonds is 3. The maximum absolute atomic E-state index is 13.4. The highest BCUT2D eigenvalue weighted by molar-refractivity contribution is 5.95. The molecule has 1 N–H and O–H groups in total. The molecule has 1 heterocycles. The molecule has 0 aromatic heterocycles. The highest BCUT2D eigenvalue weighted by Crippen LogP contribution is 2.28. The van der Waals surface area contributed by atoms with Crippen molar-refractivity contribution in [3.05, 3.63) is 58.4 Å². The van der Waals surface area contributed by atoms with Gasteiger partial charge in [0, 0.05) is 17.9 Å². The third-order valence-electron chi connectivity index (χ3n) is 4.53. The Morgan fingerprint density at radius 1 is 1.17 bits per heavy atom. The lowest BCUT2D eigenvalue weighted by Gasteiger charge is -2.31. The Hall–Kier alpha value is -2.36. The third-order valence-corrected chi connectivity index (χ3v) is 4.53. The van der Waals surface area contributed by atoms with Crippen LogP contribution in [0.2, 0.25) is 0 Å². The number of nitrogens with zero attached hydrogens (tertiary/aromatic N) is 1. The van der Waals surface area contributed by atoms with E-state index in [9.17, 15) is 9.18 Å². The maximum atomic E-state index is 13.4. The van der Waals surface area contributed by atoms with E-state index in [1.165, 1.54) is 11.6 Å². The number of nitrogens with one attached hydrogen (secondary N) is 1. The molecule has 3 nitrogen and oxygen atoms in total. The van der Waals surface area contributed by atoms with Crippen LogP contribution in [0.25, 0.3) is 0 Å². The Kier molecular flexibility index (Phi) is 4.56. The van der Waals surface area contributed by atoms with E-state index in [4.69, 9.17) is 0 Å². The Morgan fingerprint density at radius 3 is 2.58 bits per heavy atom. The molecule has 3 rings (SSSR count). The number of aryl methyl sites for hydroxylation is 4. The zero-order chi connectivity index (χ0) is 17.3. The molecule has 0 unspecified atom stereocenters. The summed E-state index contributed by atoms with van der Waals surface area (Å²) in [5.41, 5.74) is 6.17. The molecule has 0 atom stereocenters. The van der Waals surface area contributed by atoms with Gasteiger partial charge < -0.3 is 10.2 Å². The lowest BCUT2D eigenvalue weighted by atomic mass is 10.0. The standard InChI is InChI=1S/C20H23FN2O/c1-13-9-14(2)20(15(3)10-13)22-19(24)12-23-8-4-5-16-11-17(21)6-7-18(16)23/h6-7,9-11H,4-5,8,12H2,1-3H3,(H,22,24). The van der Waals surface area contributed by atoms with Crippen molar-refractivity contribution in [2.24, 2.45) is 0 Å². The van der Waals surface area contributed by atoms with Crippen LogP contribution in [0.15, 0.2) is 30.3 Å². The maximum Gasteiger partial charge on any atom is 0.243 e. The second kappa shape index (κ2) is 6.63. The lowest BCUT2D eigenvalue weighted by Crippen LogP contribution is -2.37. The molecule has 0 saturated heterocycles. The van der Waals surface area contributed by atoms with Crippen LogP contribution < -0.4 is 10.2 Å². The third kappa shape index (κ3) is 3.42. The van der Waals surface area contributed by atoms with Gasteiger partial charge in [-0.05, 0) is 68.5 Å². The molecule has 0 saturated carbocycles. The van der Waals surface area contributed by atoms with Gasteiger partial charge in [-0.15, -0.1) is 0 Å². The van der Waals surface area contributed by atoms with E-state index in [0.717, 1.165) is 47.5 Å². The van der Waals surface area contributed by atoms with Crippen molar-refractivity contribution in [1.82, 2.24) is 0 Å². The number of benzene rings is 2. The van der Waals surface area contributed by atoms with E-state index in [1.54, 1.807) is 12.1 Å². The second-order valence-electron chi connectivity index (χ2n) is 6.62. The van der Waals surface area contributed by atoms with Crippen LogP contribution in [0.4, 0.5) is 15.8 Å². The van der Waals surface area contributed by atoms with Crippen LogP contribution >= 0.6 is 0 Å². The average Bonchev–Trinajstić information content (AvgIpc) is 2.50. The minimum absolute atomic E-state index is 0.0396. The molecular formula is C20H23FN2O. The van der Waals surface area contributed by atoms with Crippen molar-refractivity contribution in [2.75, 3.05) is 23.3 Å². The van der Waals surface area contributed by atoms with Gasteiger partial charge in [-0.25, -0.2) is 4.39 Å². The number of hydrogen-bond acceptors (Lipinski definition) is 2. The Labute approximate surface area is 142 Å². The predicted octanol–water partition coefficient (Wildman–Crippen LogP) is 4.14. The quantitative estimate of drug-likeness (QED) is 0.919. The van der Waals surface area contributed by atoms with Crippen molar-refractivity contribution in [3.63, 3.8) is 0 Å². The molecule has 2 aromatic carbocycles. The first kappa shape index (κ1) is 16.5. The molecule has 0 fully saturated rings. The fourth-order valence-corrected chi connectivity index (χ4v) is 3.54. The van der Waals surface area contributed by atoms with Gasteiger partial charge in [0.1, 0.15) is 5.82 Å². The molecule has 2 aromatic rings. The first-order chi connectivity index (χ1) is 11.4. The molecule has 126 valence electrons. The minimum Gasteiger partial charge on any atom is -0.362 e. The van der Waals surface area contributed by atoms with Crippen molar-refractivity contribution in [3.8, 4) is 0 Å². The number of halogens is 1. The van der Waals surface area contributed by atoms with Gasteiger partial charge in [0.2, 0.25) is 5.91 Å². The summed E-state index contributed by atoms with van der Waals surface area (Å²) < 4.78 is 13.4. The van der Waals surface area contributed by atoms with E-state index in [2.05, 4.69) is 24.4 Å². The number of carbonyl (C=O) groups is 1. The van der Waals surface area contributed by atoms with Crippen molar-refractivity contribution >= 4 is 17.3 Å². The second-order valence-corrected chi connectivity index (χ2v) is 6.62. The van der Waals surface area contributed by atoms with Crippen molar-refractivity contribution in [2.45, 2.75) is 33.6 Å². The first-order valence-electron chi connectivity index (χ1n) is 8.35. The smallest absolute Gasteiger partial charge is 0.243 e. The van der Waals surface area contributed by atoms with Gasteiger partial charge >= 0.3 is 0 Å². The summed E-state index contributed by atoms with van der Waals surface area (Å²) >= 11 is 0. The number of fused-ring (bicyclic) bond motifs is 1. The number of carbonyl (C=O) groups excluding carboxylic acids is 1. The summed E-state index contributed by atoms with van der Waals surface area (Å²) in [6.07, 6.45) is 1.80. The van der Waals surface area contributed by atoms with Crippen LogP contribution in [-0.2, 0) is 11.2 Å². The molecule has 1 aliphatic rings. The molecule has 0 aliphatic carbocycles. The molecule has 1 aliphatic heterocycles.